The molecule has 2 fully saturated rings. The molecule has 0 spiro atoms. The minimum atomic E-state index is -0.342. The number of rotatable bonds is 6. The van der Waals surface area contributed by atoms with Crippen LogP contribution in [0, 0.1) is 17.8 Å². The molecule has 42 heavy (non-hydrogen) atoms. The molecule has 1 saturated heterocycles. The highest BCUT2D eigenvalue weighted by atomic mass is 16.5. The Kier molecular flexibility index (Phi) is 6.94. The Bertz CT molecular complexity index is 1580. The largest absolute Gasteiger partial charge is 0.382 e. The summed E-state index contributed by atoms with van der Waals surface area (Å²) in [5.74, 6) is 1.57. The average Bonchev–Trinajstić information content (AvgIpc) is 3.68. The van der Waals surface area contributed by atoms with E-state index in [4.69, 9.17) is 15.5 Å². The number of aromatic nitrogens is 1. The lowest BCUT2D eigenvalue weighted by Gasteiger charge is -2.45. The summed E-state index contributed by atoms with van der Waals surface area (Å²) in [6.45, 7) is 4.27. The molecule has 7 rings (SSSR count). The van der Waals surface area contributed by atoms with Crippen LogP contribution in [-0.4, -0.2) is 47.0 Å². The van der Waals surface area contributed by atoms with E-state index in [9.17, 15) is 4.79 Å². The van der Waals surface area contributed by atoms with E-state index in [1.165, 1.54) is 0 Å². The Labute approximate surface area is 246 Å². The molecule has 3 aromatic rings. The fourth-order valence-electron chi connectivity index (χ4n) is 7.06. The fraction of sp³-hybridized carbons (Fsp3) is 0.382. The van der Waals surface area contributed by atoms with E-state index < -0.39 is 0 Å². The van der Waals surface area contributed by atoms with Crippen molar-refractivity contribution in [2.24, 2.45) is 28.5 Å². The Balaban J connectivity index is 1.11. The number of benzene rings is 2. The lowest BCUT2D eigenvalue weighted by molar-refractivity contribution is -0.125. The maximum atomic E-state index is 12.5. The molecule has 0 radical (unpaired) electrons. The molecule has 216 valence electrons. The van der Waals surface area contributed by atoms with Crippen molar-refractivity contribution in [2.45, 2.75) is 44.7 Å². The number of nitrogens with two attached hydrogens (primary N) is 1. The molecule has 2 unspecified atom stereocenters. The van der Waals surface area contributed by atoms with Crippen LogP contribution in [0.2, 0.25) is 0 Å². The third-order valence-corrected chi connectivity index (χ3v) is 9.59. The second kappa shape index (κ2) is 10.9. The van der Waals surface area contributed by atoms with Gasteiger partial charge in [-0.15, -0.1) is 0 Å². The van der Waals surface area contributed by atoms with E-state index >= 15 is 0 Å². The van der Waals surface area contributed by atoms with E-state index in [0.717, 1.165) is 77.8 Å². The summed E-state index contributed by atoms with van der Waals surface area (Å²) < 4.78 is 5.39. The third-order valence-electron chi connectivity index (χ3n) is 9.59. The van der Waals surface area contributed by atoms with Crippen LogP contribution < -0.4 is 16.4 Å². The number of nitrogens with zero attached hydrogens (tertiary/aromatic N) is 3. The minimum Gasteiger partial charge on any atom is -0.382 e. The van der Waals surface area contributed by atoms with Gasteiger partial charge in [0.05, 0.1) is 29.4 Å². The molecule has 1 aromatic heterocycles. The van der Waals surface area contributed by atoms with Crippen LogP contribution >= 0.6 is 0 Å². The summed E-state index contributed by atoms with van der Waals surface area (Å²) in [5, 5.41) is 8.21. The Morgan fingerprint density at radius 2 is 1.88 bits per heavy atom. The van der Waals surface area contributed by atoms with Crippen molar-refractivity contribution in [3.8, 4) is 11.3 Å². The first-order chi connectivity index (χ1) is 20.5. The van der Waals surface area contributed by atoms with Gasteiger partial charge in [-0.3, -0.25) is 4.79 Å². The van der Waals surface area contributed by atoms with Gasteiger partial charge in [0.2, 0.25) is 5.91 Å². The van der Waals surface area contributed by atoms with Crippen LogP contribution in [-0.2, 0) is 9.53 Å². The highest BCUT2D eigenvalue weighted by molar-refractivity contribution is 6.05. The highest BCUT2D eigenvalue weighted by Crippen LogP contribution is 2.45. The molecule has 4 N–H and O–H groups in total. The number of hydrogen-bond acceptors (Lipinski definition) is 7. The zero-order valence-electron chi connectivity index (χ0n) is 24.1. The van der Waals surface area contributed by atoms with E-state index in [1.807, 2.05) is 18.2 Å². The van der Waals surface area contributed by atoms with Crippen LogP contribution in [0.5, 0.6) is 0 Å². The van der Waals surface area contributed by atoms with Crippen LogP contribution in [0.15, 0.2) is 83.8 Å². The number of nitrogens with one attached hydrogen (secondary N) is 2. The molecule has 2 atom stereocenters. The van der Waals surface area contributed by atoms with Gasteiger partial charge in [-0.2, -0.15) is 0 Å². The Hall–Kier alpha value is -4.17. The maximum absolute atomic E-state index is 12.5. The van der Waals surface area contributed by atoms with Crippen molar-refractivity contribution < 1.29 is 9.53 Å². The van der Waals surface area contributed by atoms with Gasteiger partial charge in [0.1, 0.15) is 17.2 Å². The predicted octanol–water partition coefficient (Wildman–Crippen LogP) is 4.99. The molecule has 4 heterocycles. The smallest absolute Gasteiger partial charge is 0.225 e. The topological polar surface area (TPSA) is 105 Å². The summed E-state index contributed by atoms with van der Waals surface area (Å²) in [4.78, 5) is 24.3. The Morgan fingerprint density at radius 3 is 2.67 bits per heavy atom. The van der Waals surface area contributed by atoms with Gasteiger partial charge in [-0.25, -0.2) is 9.98 Å². The summed E-state index contributed by atoms with van der Waals surface area (Å²) in [6.07, 6.45) is 8.97. The van der Waals surface area contributed by atoms with Crippen LogP contribution in [0.1, 0.15) is 44.6 Å². The van der Waals surface area contributed by atoms with Crippen LogP contribution in [0.25, 0.3) is 27.9 Å². The minimum absolute atomic E-state index is 0.0131. The number of hydrogen-bond donors (Lipinski definition) is 3. The number of fused-ring (bicyclic) bond motifs is 2. The first kappa shape index (κ1) is 26.7. The number of carbonyl (C=O) groups is 1. The van der Waals surface area contributed by atoms with Gasteiger partial charge in [0.25, 0.3) is 0 Å². The summed E-state index contributed by atoms with van der Waals surface area (Å²) in [6, 6.07) is 20.9. The van der Waals surface area contributed by atoms with Gasteiger partial charge < -0.3 is 26.0 Å². The summed E-state index contributed by atoms with van der Waals surface area (Å²) >= 11 is 0. The molecule has 1 aliphatic carbocycles. The number of amides is 1. The van der Waals surface area contributed by atoms with Crippen molar-refractivity contribution in [1.82, 2.24) is 20.5 Å². The van der Waals surface area contributed by atoms with Crippen molar-refractivity contribution >= 4 is 28.3 Å². The predicted molar refractivity (Wildman–Crippen MR) is 166 cm³/mol. The number of ether oxygens (including phenoxy) is 1. The van der Waals surface area contributed by atoms with Crippen LogP contribution in [0.3, 0.4) is 0 Å². The normalized spacial score (nSPS) is 27.1. The molecule has 4 aliphatic rings. The van der Waals surface area contributed by atoms with E-state index in [-0.39, 0.29) is 17.5 Å². The number of amidine groups is 1. The molecule has 3 aliphatic heterocycles. The lowest BCUT2D eigenvalue weighted by atomic mass is 9.75. The molecular weight excluding hydrogens is 524 g/mol. The maximum Gasteiger partial charge on any atom is 0.225 e. The van der Waals surface area contributed by atoms with Crippen molar-refractivity contribution in [3.63, 3.8) is 0 Å². The highest BCUT2D eigenvalue weighted by Gasteiger charge is 2.48. The van der Waals surface area contributed by atoms with E-state index in [2.05, 4.69) is 76.1 Å². The second-order valence-electron chi connectivity index (χ2n) is 12.2. The first-order valence-corrected chi connectivity index (χ1v) is 15.1. The standard InChI is InChI=1S/C34H38N6O2/c1-34(27-12-7-22(8-13-27)20-37-33(41)26-15-18-42-21-26)39-30(31-32(35)36-16-17-40(31)34)25-10-9-24-11-14-28(38-29(24)19-25)23-5-3-2-4-6-23/h2-6,9-11,14,16-17,19,22,26-27,39H,7-8,12-13,15,18,20-21H2,1H3,(H2,35,36)(H,37,41). The van der Waals surface area contributed by atoms with Gasteiger partial charge >= 0.3 is 0 Å². The SMILES string of the molecule is CC1(C2CCC(CNC(=O)C3CCOC3)CC2)NC(c2ccc3ccc(-c4ccccc4)nc3c2)=C2C(N)=NC=CN21. The second-order valence-corrected chi connectivity index (χ2v) is 12.2. The third kappa shape index (κ3) is 4.83. The number of aliphatic imine (C=N–C) groups is 1. The van der Waals surface area contributed by atoms with Crippen molar-refractivity contribution in [3.05, 3.63) is 84.3 Å². The number of pyridine rings is 1. The lowest BCUT2D eigenvalue weighted by Crippen LogP contribution is -2.55. The van der Waals surface area contributed by atoms with E-state index in [0.29, 0.717) is 30.9 Å². The van der Waals surface area contributed by atoms with Crippen LogP contribution in [0.4, 0.5) is 0 Å². The summed E-state index contributed by atoms with van der Waals surface area (Å²) in [5.41, 5.74) is 12.2. The quantitative estimate of drug-likeness (QED) is 0.391. The number of carbonyl (C=O) groups excluding carboxylic acids is 1. The van der Waals surface area contributed by atoms with Gasteiger partial charge in [0.15, 0.2) is 0 Å². The van der Waals surface area contributed by atoms with Crippen molar-refractivity contribution in [2.75, 3.05) is 19.8 Å². The molecular formula is C34H38N6O2. The summed E-state index contributed by atoms with van der Waals surface area (Å²) in [7, 11) is 0. The molecule has 8 heteroatoms. The molecule has 0 bridgehead atoms. The van der Waals surface area contributed by atoms with Crippen molar-refractivity contribution in [1.29, 1.82) is 0 Å². The zero-order chi connectivity index (χ0) is 28.7. The molecule has 2 aromatic carbocycles. The van der Waals surface area contributed by atoms with E-state index in [1.54, 1.807) is 6.20 Å². The molecule has 1 saturated carbocycles. The molecule has 1 amide bonds. The fourth-order valence-corrected chi connectivity index (χ4v) is 7.06. The Morgan fingerprint density at radius 1 is 1.07 bits per heavy atom. The average molecular weight is 563 g/mol. The van der Waals surface area contributed by atoms with Gasteiger partial charge in [-0.05, 0) is 57.1 Å². The first-order valence-electron chi connectivity index (χ1n) is 15.1. The van der Waals surface area contributed by atoms with Gasteiger partial charge in [0, 0.05) is 48.0 Å². The monoisotopic (exact) mass is 562 g/mol. The molecule has 8 nitrogen and oxygen atoms in total. The zero-order valence-corrected chi connectivity index (χ0v) is 24.1. The van der Waals surface area contributed by atoms with Gasteiger partial charge in [-0.1, -0.05) is 48.5 Å².